The highest BCUT2D eigenvalue weighted by molar-refractivity contribution is 7.99. The minimum Gasteiger partial charge on any atom is -0.316 e. The van der Waals surface area contributed by atoms with Crippen LogP contribution in [0.1, 0.15) is 31.0 Å². The number of hydrogen-bond donors (Lipinski definition) is 1. The van der Waals surface area contributed by atoms with Gasteiger partial charge in [-0.1, -0.05) is 11.8 Å². The maximum absolute atomic E-state index is 11.7. The molecule has 9 heteroatoms. The summed E-state index contributed by atoms with van der Waals surface area (Å²) in [6, 6.07) is 0. The molecule has 1 fully saturated rings. The molecule has 126 valence electrons. The molecule has 1 aromatic heterocycles. The summed E-state index contributed by atoms with van der Waals surface area (Å²) >= 11 is 1.57. The van der Waals surface area contributed by atoms with Gasteiger partial charge in [0.05, 0.1) is 5.75 Å². The van der Waals surface area contributed by atoms with Gasteiger partial charge in [-0.15, -0.1) is 10.2 Å². The first-order valence-corrected chi connectivity index (χ1v) is 10.1. The quantitative estimate of drug-likeness (QED) is 0.576. The Labute approximate surface area is 136 Å². The molecule has 2 heterocycles. The van der Waals surface area contributed by atoms with Crippen LogP contribution in [0.25, 0.3) is 0 Å². The van der Waals surface area contributed by atoms with Gasteiger partial charge in [-0.25, -0.2) is 12.7 Å². The van der Waals surface area contributed by atoms with Crippen molar-refractivity contribution in [1.29, 1.82) is 0 Å². The van der Waals surface area contributed by atoms with Crippen molar-refractivity contribution in [2.24, 2.45) is 7.05 Å². The molecule has 1 aliphatic heterocycles. The molecule has 0 aliphatic carbocycles. The van der Waals surface area contributed by atoms with Crippen molar-refractivity contribution in [2.45, 2.75) is 30.3 Å². The number of thioether (sulfide) groups is 1. The van der Waals surface area contributed by atoms with Crippen molar-refractivity contribution >= 4 is 21.8 Å². The zero-order valence-electron chi connectivity index (χ0n) is 13.4. The standard InChI is InChI=1S/C13H25N5O2S2/c1-17(2)22(19,20)9-5-8-21-13-16-15-12(18(13)3)11-6-4-7-14-10-11/h11,14H,4-10H2,1-3H3/t11-/m0/s1. The highest BCUT2D eigenvalue weighted by Gasteiger charge is 2.21. The van der Waals surface area contributed by atoms with Gasteiger partial charge in [-0.2, -0.15) is 0 Å². The maximum Gasteiger partial charge on any atom is 0.213 e. The molecule has 2 rings (SSSR count). The number of nitrogens with zero attached hydrogens (tertiary/aromatic N) is 4. The van der Waals surface area contributed by atoms with Crippen molar-refractivity contribution in [3.63, 3.8) is 0 Å². The van der Waals surface area contributed by atoms with Gasteiger partial charge in [0.2, 0.25) is 10.0 Å². The number of nitrogens with one attached hydrogen (secondary N) is 1. The Morgan fingerprint density at radius 3 is 2.82 bits per heavy atom. The molecule has 1 atom stereocenters. The number of piperidine rings is 1. The third-order valence-electron chi connectivity index (χ3n) is 3.86. The second-order valence-electron chi connectivity index (χ2n) is 5.74. The summed E-state index contributed by atoms with van der Waals surface area (Å²) in [5.41, 5.74) is 0. The van der Waals surface area contributed by atoms with Crippen LogP contribution in [-0.2, 0) is 17.1 Å². The van der Waals surface area contributed by atoms with E-state index in [1.807, 2.05) is 11.6 Å². The van der Waals surface area contributed by atoms with Crippen molar-refractivity contribution < 1.29 is 8.42 Å². The zero-order valence-corrected chi connectivity index (χ0v) is 15.1. The molecule has 1 aliphatic rings. The molecule has 22 heavy (non-hydrogen) atoms. The van der Waals surface area contributed by atoms with Crippen LogP contribution in [0.5, 0.6) is 0 Å². The number of rotatable bonds is 7. The van der Waals surface area contributed by atoms with Crippen molar-refractivity contribution in [3.05, 3.63) is 5.82 Å². The van der Waals surface area contributed by atoms with Crippen molar-refractivity contribution in [3.8, 4) is 0 Å². The Kier molecular flexibility index (Phi) is 6.25. The summed E-state index contributed by atoms with van der Waals surface area (Å²) in [5, 5.41) is 12.8. The molecule has 1 N–H and O–H groups in total. The molecule has 0 aromatic carbocycles. The Balaban J connectivity index is 1.85. The van der Waals surface area contributed by atoms with Crippen LogP contribution in [0.4, 0.5) is 0 Å². The lowest BCUT2D eigenvalue weighted by Gasteiger charge is -2.21. The first-order valence-electron chi connectivity index (χ1n) is 7.55. The smallest absolute Gasteiger partial charge is 0.213 e. The molecule has 0 bridgehead atoms. The maximum atomic E-state index is 11.7. The molecule has 7 nitrogen and oxygen atoms in total. The fourth-order valence-electron chi connectivity index (χ4n) is 2.47. The average molecular weight is 348 g/mol. The van der Waals surface area contributed by atoms with Gasteiger partial charge >= 0.3 is 0 Å². The van der Waals surface area contributed by atoms with Crippen molar-refractivity contribution in [2.75, 3.05) is 38.7 Å². The molecule has 1 saturated heterocycles. The molecule has 0 unspecified atom stereocenters. The van der Waals surface area contributed by atoms with E-state index in [1.54, 1.807) is 25.9 Å². The molecule has 1 aromatic rings. The lowest BCUT2D eigenvalue weighted by atomic mass is 9.99. The fraction of sp³-hybridized carbons (Fsp3) is 0.846. The molecular formula is C13H25N5O2S2. The zero-order chi connectivity index (χ0) is 16.2. The van der Waals surface area contributed by atoms with E-state index in [-0.39, 0.29) is 5.75 Å². The van der Waals surface area contributed by atoms with E-state index in [0.717, 1.165) is 36.2 Å². The van der Waals surface area contributed by atoms with Gasteiger partial charge in [-0.3, -0.25) is 0 Å². The van der Waals surface area contributed by atoms with Crippen LogP contribution in [0.3, 0.4) is 0 Å². The van der Waals surface area contributed by atoms with E-state index in [1.165, 1.54) is 10.7 Å². The second kappa shape index (κ2) is 7.76. The predicted molar refractivity (Wildman–Crippen MR) is 88.7 cm³/mol. The van der Waals surface area contributed by atoms with E-state index in [4.69, 9.17) is 0 Å². The SMILES string of the molecule is CN(C)S(=O)(=O)CCCSc1nnc([C@H]2CCCNC2)n1C. The highest BCUT2D eigenvalue weighted by Crippen LogP contribution is 2.25. The number of hydrogen-bond acceptors (Lipinski definition) is 6. The summed E-state index contributed by atoms with van der Waals surface area (Å²) in [6.07, 6.45) is 2.92. The van der Waals surface area contributed by atoms with Gasteiger partial charge in [0.1, 0.15) is 5.82 Å². The monoisotopic (exact) mass is 347 g/mol. The summed E-state index contributed by atoms with van der Waals surface area (Å²) in [7, 11) is 2.01. The highest BCUT2D eigenvalue weighted by atomic mass is 32.2. The first-order chi connectivity index (χ1) is 10.4. The lowest BCUT2D eigenvalue weighted by molar-refractivity contribution is 0.436. The summed E-state index contributed by atoms with van der Waals surface area (Å²) in [5.74, 6) is 2.34. The summed E-state index contributed by atoms with van der Waals surface area (Å²) in [6.45, 7) is 2.04. The molecular weight excluding hydrogens is 322 g/mol. The van der Waals surface area contributed by atoms with Crippen LogP contribution in [0, 0.1) is 0 Å². The average Bonchev–Trinajstić information content (AvgIpc) is 2.85. The normalized spacial score (nSPS) is 19.7. The van der Waals surface area contributed by atoms with Gasteiger partial charge in [0, 0.05) is 39.4 Å². The number of sulfonamides is 1. The Hall–Kier alpha value is -0.640. The topological polar surface area (TPSA) is 80.1 Å². The van der Waals surface area contributed by atoms with Crippen LogP contribution in [0.15, 0.2) is 5.16 Å². The second-order valence-corrected chi connectivity index (χ2v) is 9.11. The third-order valence-corrected chi connectivity index (χ3v) is 6.89. The van der Waals surface area contributed by atoms with Crippen LogP contribution in [0.2, 0.25) is 0 Å². The lowest BCUT2D eigenvalue weighted by Crippen LogP contribution is -2.29. The third kappa shape index (κ3) is 4.43. The minimum atomic E-state index is -3.11. The molecule has 0 saturated carbocycles. The predicted octanol–water partition coefficient (Wildman–Crippen LogP) is 0.656. The van der Waals surface area contributed by atoms with Crippen LogP contribution in [-0.4, -0.2) is 66.2 Å². The van der Waals surface area contributed by atoms with E-state index in [0.29, 0.717) is 12.3 Å². The molecule has 0 spiro atoms. The molecule has 0 radical (unpaired) electrons. The van der Waals surface area contributed by atoms with E-state index in [2.05, 4.69) is 15.5 Å². The minimum absolute atomic E-state index is 0.171. The first kappa shape index (κ1) is 17.7. The largest absolute Gasteiger partial charge is 0.316 e. The van der Waals surface area contributed by atoms with Crippen LogP contribution >= 0.6 is 11.8 Å². The fourth-order valence-corrected chi connectivity index (χ4v) is 4.38. The summed E-state index contributed by atoms with van der Waals surface area (Å²) < 4.78 is 26.7. The van der Waals surface area contributed by atoms with Gasteiger partial charge in [-0.05, 0) is 25.8 Å². The number of aromatic nitrogens is 3. The van der Waals surface area contributed by atoms with Gasteiger partial charge in [0.15, 0.2) is 5.16 Å². The molecule has 0 amide bonds. The van der Waals surface area contributed by atoms with Crippen LogP contribution < -0.4 is 5.32 Å². The summed E-state index contributed by atoms with van der Waals surface area (Å²) in [4.78, 5) is 0. The van der Waals surface area contributed by atoms with E-state index < -0.39 is 10.0 Å². The Bertz CT molecular complexity index is 579. The van der Waals surface area contributed by atoms with E-state index in [9.17, 15) is 8.42 Å². The Morgan fingerprint density at radius 2 is 2.18 bits per heavy atom. The van der Waals surface area contributed by atoms with Gasteiger partial charge in [0.25, 0.3) is 0 Å². The Morgan fingerprint density at radius 1 is 1.41 bits per heavy atom. The van der Waals surface area contributed by atoms with Crippen molar-refractivity contribution in [1.82, 2.24) is 24.4 Å². The van der Waals surface area contributed by atoms with Gasteiger partial charge < -0.3 is 9.88 Å². The van der Waals surface area contributed by atoms with E-state index >= 15 is 0 Å².